The van der Waals surface area contributed by atoms with Crippen molar-refractivity contribution < 1.29 is 4.79 Å². The van der Waals surface area contributed by atoms with E-state index in [4.69, 9.17) is 11.0 Å². The van der Waals surface area contributed by atoms with Crippen LogP contribution in [-0.4, -0.2) is 19.0 Å². The first-order valence-electron chi connectivity index (χ1n) is 4.80. The third kappa shape index (κ3) is 3.24. The number of rotatable bonds is 4. The second-order valence-corrected chi connectivity index (χ2v) is 4.21. The Morgan fingerprint density at radius 3 is 2.75 bits per heavy atom. The van der Waals surface area contributed by atoms with E-state index in [0.29, 0.717) is 12.1 Å². The first-order chi connectivity index (χ1) is 7.56. The number of anilines is 1. The van der Waals surface area contributed by atoms with Gasteiger partial charge in [0.15, 0.2) is 0 Å². The number of nitriles is 1. The van der Waals surface area contributed by atoms with Crippen molar-refractivity contribution >= 4 is 27.5 Å². The van der Waals surface area contributed by atoms with Gasteiger partial charge in [0.2, 0.25) is 5.91 Å². The van der Waals surface area contributed by atoms with Crippen LogP contribution in [-0.2, 0) is 4.79 Å². The lowest BCUT2D eigenvalue weighted by Gasteiger charge is -2.21. The van der Waals surface area contributed by atoms with E-state index >= 15 is 0 Å². The van der Waals surface area contributed by atoms with Gasteiger partial charge in [0, 0.05) is 16.7 Å². The number of halogens is 1. The zero-order chi connectivity index (χ0) is 12.1. The number of hydrogen-bond acceptors (Lipinski definition) is 3. The van der Waals surface area contributed by atoms with E-state index in [1.165, 1.54) is 0 Å². The molecule has 0 fully saturated rings. The molecular formula is C11H12BrN3O. The van der Waals surface area contributed by atoms with Crippen molar-refractivity contribution in [1.82, 2.24) is 0 Å². The van der Waals surface area contributed by atoms with E-state index in [-0.39, 0.29) is 12.5 Å². The maximum atomic E-state index is 10.9. The zero-order valence-corrected chi connectivity index (χ0v) is 10.5. The molecular weight excluding hydrogens is 270 g/mol. The Balaban J connectivity index is 3.05. The van der Waals surface area contributed by atoms with Gasteiger partial charge in [0.05, 0.1) is 18.2 Å². The molecule has 0 spiro atoms. The fourth-order valence-corrected chi connectivity index (χ4v) is 1.88. The predicted octanol–water partition coefficient (Wildman–Crippen LogP) is 1.63. The minimum atomic E-state index is -0.389. The summed E-state index contributed by atoms with van der Waals surface area (Å²) in [5.41, 5.74) is 6.52. The van der Waals surface area contributed by atoms with Crippen molar-refractivity contribution in [2.75, 3.05) is 18.0 Å². The van der Waals surface area contributed by atoms with Crippen molar-refractivity contribution in [1.29, 1.82) is 5.26 Å². The second-order valence-electron chi connectivity index (χ2n) is 3.29. The van der Waals surface area contributed by atoms with E-state index in [1.807, 2.05) is 17.9 Å². The normalized spacial score (nSPS) is 9.56. The molecule has 1 aromatic rings. The van der Waals surface area contributed by atoms with Gasteiger partial charge >= 0.3 is 0 Å². The summed E-state index contributed by atoms with van der Waals surface area (Å²) in [4.78, 5) is 12.7. The van der Waals surface area contributed by atoms with Crippen LogP contribution in [0.3, 0.4) is 0 Å². The minimum absolute atomic E-state index is 0.151. The molecule has 5 heteroatoms. The number of nitrogens with two attached hydrogens (primary N) is 1. The summed E-state index contributed by atoms with van der Waals surface area (Å²) in [6.07, 6.45) is 0. The van der Waals surface area contributed by atoms with Crippen LogP contribution in [0.5, 0.6) is 0 Å². The Hall–Kier alpha value is -1.54. The molecule has 0 atom stereocenters. The maximum absolute atomic E-state index is 10.9. The maximum Gasteiger partial charge on any atom is 0.236 e. The highest BCUT2D eigenvalue weighted by Crippen LogP contribution is 2.22. The highest BCUT2D eigenvalue weighted by atomic mass is 79.9. The fraction of sp³-hybridized carbons (Fsp3) is 0.273. The van der Waals surface area contributed by atoms with E-state index in [9.17, 15) is 4.79 Å². The molecule has 0 saturated carbocycles. The van der Waals surface area contributed by atoms with Crippen molar-refractivity contribution in [3.05, 3.63) is 28.2 Å². The smallest absolute Gasteiger partial charge is 0.236 e. The van der Waals surface area contributed by atoms with Crippen LogP contribution in [0, 0.1) is 11.3 Å². The lowest BCUT2D eigenvalue weighted by molar-refractivity contribution is -0.116. The molecule has 2 N–H and O–H groups in total. The summed E-state index contributed by atoms with van der Waals surface area (Å²) < 4.78 is 0.810. The molecule has 0 aliphatic carbocycles. The van der Waals surface area contributed by atoms with Crippen LogP contribution in [0.15, 0.2) is 22.7 Å². The van der Waals surface area contributed by atoms with Crippen LogP contribution >= 0.6 is 15.9 Å². The lowest BCUT2D eigenvalue weighted by atomic mass is 10.2. The highest BCUT2D eigenvalue weighted by molar-refractivity contribution is 9.10. The van der Waals surface area contributed by atoms with Gasteiger partial charge in [-0.25, -0.2) is 0 Å². The summed E-state index contributed by atoms with van der Waals surface area (Å²) in [6, 6.07) is 7.38. The van der Waals surface area contributed by atoms with Crippen LogP contribution < -0.4 is 10.6 Å². The third-order valence-electron chi connectivity index (χ3n) is 2.11. The van der Waals surface area contributed by atoms with Gasteiger partial charge in [-0.15, -0.1) is 0 Å². The summed E-state index contributed by atoms with van der Waals surface area (Å²) in [6.45, 7) is 2.73. The average Bonchev–Trinajstić information content (AvgIpc) is 2.24. The molecule has 1 aromatic carbocycles. The Labute approximate surface area is 103 Å². The van der Waals surface area contributed by atoms with E-state index < -0.39 is 0 Å². The lowest BCUT2D eigenvalue weighted by Crippen LogP contribution is -2.33. The quantitative estimate of drug-likeness (QED) is 0.912. The molecule has 0 heterocycles. The monoisotopic (exact) mass is 281 g/mol. The number of amides is 1. The molecule has 0 aliphatic heterocycles. The number of benzene rings is 1. The largest absolute Gasteiger partial charge is 0.368 e. The van der Waals surface area contributed by atoms with E-state index in [0.717, 1.165) is 10.2 Å². The molecule has 16 heavy (non-hydrogen) atoms. The molecule has 0 radical (unpaired) electrons. The number of carbonyl (C=O) groups excluding carboxylic acids is 1. The molecule has 0 aliphatic rings. The summed E-state index contributed by atoms with van der Waals surface area (Å²) in [5.74, 6) is -0.389. The van der Waals surface area contributed by atoms with Crippen LogP contribution in [0.4, 0.5) is 5.69 Å². The number of carbonyl (C=O) groups is 1. The van der Waals surface area contributed by atoms with E-state index in [2.05, 4.69) is 22.0 Å². The van der Waals surface area contributed by atoms with Crippen molar-refractivity contribution in [3.63, 3.8) is 0 Å². The minimum Gasteiger partial charge on any atom is -0.368 e. The molecule has 1 rings (SSSR count). The van der Waals surface area contributed by atoms with Gasteiger partial charge in [-0.2, -0.15) is 5.26 Å². The Kier molecular flexibility index (Phi) is 4.32. The van der Waals surface area contributed by atoms with Gasteiger partial charge in [0.1, 0.15) is 0 Å². The number of primary amides is 1. The SMILES string of the molecule is CCN(CC(N)=O)c1cc(Br)cc(C#N)c1. The van der Waals surface area contributed by atoms with E-state index in [1.54, 1.807) is 12.1 Å². The van der Waals surface area contributed by atoms with Crippen LogP contribution in [0.2, 0.25) is 0 Å². The summed E-state index contributed by atoms with van der Waals surface area (Å²) in [5, 5.41) is 8.84. The number of likely N-dealkylation sites (N-methyl/N-ethyl adjacent to an activating group) is 1. The predicted molar refractivity (Wildman–Crippen MR) is 65.9 cm³/mol. The van der Waals surface area contributed by atoms with Crippen molar-refractivity contribution in [2.45, 2.75) is 6.92 Å². The van der Waals surface area contributed by atoms with Crippen molar-refractivity contribution in [2.24, 2.45) is 5.73 Å². The van der Waals surface area contributed by atoms with Gasteiger partial charge < -0.3 is 10.6 Å². The zero-order valence-electron chi connectivity index (χ0n) is 8.90. The van der Waals surface area contributed by atoms with Gasteiger partial charge in [-0.3, -0.25) is 4.79 Å². The average molecular weight is 282 g/mol. The summed E-state index contributed by atoms with van der Waals surface area (Å²) >= 11 is 3.32. The molecule has 0 bridgehead atoms. The Morgan fingerprint density at radius 1 is 1.56 bits per heavy atom. The standard InChI is InChI=1S/C11H12BrN3O/c1-2-15(7-11(14)16)10-4-8(6-13)3-9(12)5-10/h3-5H,2,7H2,1H3,(H2,14,16). The number of nitrogens with zero attached hydrogens (tertiary/aromatic N) is 2. The molecule has 0 saturated heterocycles. The topological polar surface area (TPSA) is 70.1 Å². The number of hydrogen-bond donors (Lipinski definition) is 1. The highest BCUT2D eigenvalue weighted by Gasteiger charge is 2.09. The first kappa shape index (κ1) is 12.5. The van der Waals surface area contributed by atoms with Crippen LogP contribution in [0.1, 0.15) is 12.5 Å². The molecule has 4 nitrogen and oxygen atoms in total. The molecule has 0 aromatic heterocycles. The fourth-order valence-electron chi connectivity index (χ4n) is 1.40. The van der Waals surface area contributed by atoms with Gasteiger partial charge in [-0.1, -0.05) is 15.9 Å². The molecule has 0 unspecified atom stereocenters. The molecule has 84 valence electrons. The third-order valence-corrected chi connectivity index (χ3v) is 2.56. The van der Waals surface area contributed by atoms with Crippen LogP contribution in [0.25, 0.3) is 0 Å². The van der Waals surface area contributed by atoms with Crippen molar-refractivity contribution in [3.8, 4) is 6.07 Å². The van der Waals surface area contributed by atoms with Gasteiger partial charge in [0.25, 0.3) is 0 Å². The second kappa shape index (κ2) is 5.52. The Morgan fingerprint density at radius 2 is 2.25 bits per heavy atom. The summed E-state index contributed by atoms with van der Waals surface area (Å²) in [7, 11) is 0. The molecule has 1 amide bonds. The Bertz CT molecular complexity index is 439. The first-order valence-corrected chi connectivity index (χ1v) is 5.60. The van der Waals surface area contributed by atoms with Gasteiger partial charge in [-0.05, 0) is 25.1 Å².